The molecule has 0 radical (unpaired) electrons. The van der Waals surface area contributed by atoms with Crippen LogP contribution in [0.1, 0.15) is 22.9 Å². The molecule has 24 heavy (non-hydrogen) atoms. The topological polar surface area (TPSA) is 121 Å². The Kier molecular flexibility index (Phi) is 3.90. The van der Waals surface area contributed by atoms with E-state index in [1.54, 1.807) is 12.1 Å². The fraction of sp³-hybridized carbons (Fsp3) is 0.250. The molecule has 2 aromatic heterocycles. The highest BCUT2D eigenvalue weighted by Crippen LogP contribution is 2.19. The average Bonchev–Trinajstić information content (AvgIpc) is 2.54. The van der Waals surface area contributed by atoms with E-state index in [1.165, 1.54) is 7.05 Å². The van der Waals surface area contributed by atoms with E-state index in [9.17, 15) is 19.5 Å². The van der Waals surface area contributed by atoms with Crippen LogP contribution < -0.4 is 16.8 Å². The molecule has 0 aliphatic carbocycles. The van der Waals surface area contributed by atoms with E-state index < -0.39 is 22.9 Å². The molecule has 1 atom stereocenters. The number of H-pyrrole nitrogens is 2. The SMILES string of the molecule is Cc1ccccc1[C@H](O)Cc1nc2c(=O)[nH]c(=O)n(C)c2[nH]c1=O. The van der Waals surface area contributed by atoms with Gasteiger partial charge in [0.2, 0.25) is 0 Å². The first kappa shape index (κ1) is 15.9. The average molecular weight is 328 g/mol. The number of hydrogen-bond acceptors (Lipinski definition) is 5. The van der Waals surface area contributed by atoms with Gasteiger partial charge in [0.1, 0.15) is 11.3 Å². The molecule has 0 saturated heterocycles. The maximum Gasteiger partial charge on any atom is 0.329 e. The zero-order valence-electron chi connectivity index (χ0n) is 13.2. The summed E-state index contributed by atoms with van der Waals surface area (Å²) in [5.41, 5.74) is -0.269. The molecule has 0 fully saturated rings. The number of aliphatic hydroxyl groups excluding tert-OH is 1. The van der Waals surface area contributed by atoms with Crippen LogP contribution in [0.3, 0.4) is 0 Å². The van der Waals surface area contributed by atoms with Crippen LogP contribution in [-0.4, -0.2) is 24.6 Å². The van der Waals surface area contributed by atoms with Crippen molar-refractivity contribution in [1.29, 1.82) is 0 Å². The van der Waals surface area contributed by atoms with Crippen LogP contribution in [0.2, 0.25) is 0 Å². The zero-order valence-corrected chi connectivity index (χ0v) is 13.2. The Labute approximate surface area is 135 Å². The number of fused-ring (bicyclic) bond motifs is 1. The van der Waals surface area contributed by atoms with Gasteiger partial charge in [-0.15, -0.1) is 0 Å². The number of nitrogens with one attached hydrogen (secondary N) is 2. The summed E-state index contributed by atoms with van der Waals surface area (Å²) < 4.78 is 1.10. The normalized spacial score (nSPS) is 12.5. The second kappa shape index (κ2) is 5.89. The minimum absolute atomic E-state index is 0.0300. The van der Waals surface area contributed by atoms with E-state index in [4.69, 9.17) is 0 Å². The van der Waals surface area contributed by atoms with Crippen LogP contribution >= 0.6 is 0 Å². The number of aliphatic hydroxyl groups is 1. The Morgan fingerprint density at radius 1 is 1.17 bits per heavy atom. The first-order chi connectivity index (χ1) is 11.4. The van der Waals surface area contributed by atoms with E-state index in [1.807, 2.05) is 19.1 Å². The number of nitrogens with zero attached hydrogens (tertiary/aromatic N) is 2. The van der Waals surface area contributed by atoms with Crippen molar-refractivity contribution >= 4 is 11.2 Å². The van der Waals surface area contributed by atoms with Crippen molar-refractivity contribution in [2.75, 3.05) is 0 Å². The number of benzene rings is 1. The fourth-order valence-corrected chi connectivity index (χ4v) is 2.61. The Morgan fingerprint density at radius 3 is 2.58 bits per heavy atom. The van der Waals surface area contributed by atoms with Crippen LogP contribution in [0.5, 0.6) is 0 Å². The van der Waals surface area contributed by atoms with Gasteiger partial charge in [0.05, 0.1) is 6.10 Å². The van der Waals surface area contributed by atoms with Crippen LogP contribution in [-0.2, 0) is 13.5 Å². The molecule has 0 spiro atoms. The maximum absolute atomic E-state index is 12.2. The molecule has 3 rings (SSSR count). The van der Waals surface area contributed by atoms with Crippen molar-refractivity contribution in [1.82, 2.24) is 19.5 Å². The highest BCUT2D eigenvalue weighted by molar-refractivity contribution is 5.68. The van der Waals surface area contributed by atoms with E-state index in [0.29, 0.717) is 5.56 Å². The van der Waals surface area contributed by atoms with Crippen molar-refractivity contribution < 1.29 is 5.11 Å². The third kappa shape index (κ3) is 2.67. The summed E-state index contributed by atoms with van der Waals surface area (Å²) in [6.45, 7) is 1.86. The first-order valence-corrected chi connectivity index (χ1v) is 7.34. The molecule has 0 aliphatic rings. The third-order valence-electron chi connectivity index (χ3n) is 3.97. The van der Waals surface area contributed by atoms with Crippen LogP contribution in [0, 0.1) is 6.92 Å². The number of aromatic amines is 2. The Hall–Kier alpha value is -3.00. The summed E-state index contributed by atoms with van der Waals surface area (Å²) in [5.74, 6) is 0. The second-order valence-corrected chi connectivity index (χ2v) is 5.60. The van der Waals surface area contributed by atoms with Crippen molar-refractivity contribution in [3.63, 3.8) is 0 Å². The van der Waals surface area contributed by atoms with Gasteiger partial charge >= 0.3 is 5.69 Å². The lowest BCUT2D eigenvalue weighted by Gasteiger charge is -2.13. The van der Waals surface area contributed by atoms with Gasteiger partial charge in [-0.25, -0.2) is 9.78 Å². The van der Waals surface area contributed by atoms with Crippen molar-refractivity contribution in [3.05, 3.63) is 72.3 Å². The number of hydrogen-bond donors (Lipinski definition) is 3. The molecule has 1 aromatic carbocycles. The number of rotatable bonds is 3. The number of aromatic nitrogens is 4. The Bertz CT molecular complexity index is 1090. The van der Waals surface area contributed by atoms with Gasteiger partial charge in [-0.3, -0.25) is 19.1 Å². The summed E-state index contributed by atoms with van der Waals surface area (Å²) in [5, 5.41) is 10.4. The summed E-state index contributed by atoms with van der Waals surface area (Å²) in [6.07, 6.45) is -0.970. The summed E-state index contributed by atoms with van der Waals surface area (Å²) >= 11 is 0. The van der Waals surface area contributed by atoms with Gasteiger partial charge in [0.15, 0.2) is 5.52 Å². The molecular weight excluding hydrogens is 312 g/mol. The lowest BCUT2D eigenvalue weighted by Crippen LogP contribution is -2.32. The molecule has 3 N–H and O–H groups in total. The lowest BCUT2D eigenvalue weighted by atomic mass is 10.0. The van der Waals surface area contributed by atoms with E-state index in [0.717, 1.165) is 10.1 Å². The molecule has 124 valence electrons. The maximum atomic E-state index is 12.2. The first-order valence-electron chi connectivity index (χ1n) is 7.34. The molecule has 0 aliphatic heterocycles. The molecule has 0 amide bonds. The highest BCUT2D eigenvalue weighted by Gasteiger charge is 2.16. The van der Waals surface area contributed by atoms with E-state index in [2.05, 4.69) is 15.0 Å². The zero-order chi connectivity index (χ0) is 17.4. The standard InChI is InChI=1S/C16H16N4O4/c1-8-5-3-4-6-9(8)11(21)7-10-14(22)18-13-12(17-10)15(23)19-16(24)20(13)2/h3-6,11,21H,7H2,1-2H3,(H,18,22)(H,19,23,24)/t11-/m1/s1. The predicted octanol–water partition coefficient (Wildman–Crippen LogP) is -0.105. The van der Waals surface area contributed by atoms with Crippen molar-refractivity contribution in [2.45, 2.75) is 19.4 Å². The fourth-order valence-electron chi connectivity index (χ4n) is 2.61. The molecule has 8 heteroatoms. The third-order valence-corrected chi connectivity index (χ3v) is 3.97. The van der Waals surface area contributed by atoms with E-state index >= 15 is 0 Å². The van der Waals surface area contributed by atoms with Gasteiger partial charge < -0.3 is 10.1 Å². The largest absolute Gasteiger partial charge is 0.388 e. The highest BCUT2D eigenvalue weighted by atomic mass is 16.3. The van der Waals surface area contributed by atoms with Gasteiger partial charge in [-0.05, 0) is 18.1 Å². The molecule has 3 aromatic rings. The lowest BCUT2D eigenvalue weighted by molar-refractivity contribution is 0.176. The van der Waals surface area contributed by atoms with Crippen molar-refractivity contribution in [3.8, 4) is 0 Å². The molecule has 0 saturated carbocycles. The second-order valence-electron chi connectivity index (χ2n) is 5.60. The molecule has 0 bridgehead atoms. The van der Waals surface area contributed by atoms with Gasteiger partial charge in [-0.2, -0.15) is 0 Å². The van der Waals surface area contributed by atoms with Crippen LogP contribution in [0.15, 0.2) is 38.6 Å². The van der Waals surface area contributed by atoms with Gasteiger partial charge in [0, 0.05) is 13.5 Å². The molecule has 8 nitrogen and oxygen atoms in total. The summed E-state index contributed by atoms with van der Waals surface area (Å²) in [7, 11) is 1.42. The quantitative estimate of drug-likeness (QED) is 0.620. The predicted molar refractivity (Wildman–Crippen MR) is 88.1 cm³/mol. The van der Waals surface area contributed by atoms with Crippen LogP contribution in [0.25, 0.3) is 11.2 Å². The van der Waals surface area contributed by atoms with Gasteiger partial charge in [0.25, 0.3) is 11.1 Å². The summed E-state index contributed by atoms with van der Waals surface area (Å²) in [4.78, 5) is 44.4. The minimum Gasteiger partial charge on any atom is -0.388 e. The van der Waals surface area contributed by atoms with Crippen LogP contribution in [0.4, 0.5) is 0 Å². The van der Waals surface area contributed by atoms with E-state index in [-0.39, 0.29) is 23.3 Å². The van der Waals surface area contributed by atoms with Crippen molar-refractivity contribution in [2.24, 2.45) is 7.05 Å². The molecular formula is C16H16N4O4. The smallest absolute Gasteiger partial charge is 0.329 e. The Balaban J connectivity index is 2.10. The monoisotopic (exact) mass is 328 g/mol. The molecule has 2 heterocycles. The Morgan fingerprint density at radius 2 is 1.88 bits per heavy atom. The summed E-state index contributed by atoms with van der Waals surface area (Å²) in [6, 6.07) is 7.28. The number of aryl methyl sites for hydroxylation is 2. The minimum atomic E-state index is -0.927. The van der Waals surface area contributed by atoms with Gasteiger partial charge in [-0.1, -0.05) is 24.3 Å². The molecule has 0 unspecified atom stereocenters.